The molecule has 0 spiro atoms. The fourth-order valence-corrected chi connectivity index (χ4v) is 1.22. The molecule has 9 heavy (non-hydrogen) atoms. The van der Waals surface area contributed by atoms with Gasteiger partial charge in [0.1, 0.15) is 0 Å². The van der Waals surface area contributed by atoms with Crippen molar-refractivity contribution in [2.24, 2.45) is 0 Å². The molecule has 0 bridgehead atoms. The van der Waals surface area contributed by atoms with Crippen molar-refractivity contribution in [3.8, 4) is 0 Å². The van der Waals surface area contributed by atoms with Gasteiger partial charge < -0.3 is 0 Å². The minimum absolute atomic E-state index is 0.407. The molecule has 0 fully saturated rings. The Balaban J connectivity index is 2.88. The average Bonchev–Trinajstić information content (AvgIpc) is 1.89. The molecule has 0 aromatic rings. The van der Waals surface area contributed by atoms with Crippen molar-refractivity contribution in [2.75, 3.05) is 5.33 Å². The van der Waals surface area contributed by atoms with E-state index in [1.165, 1.54) is 19.3 Å². The Morgan fingerprint density at radius 1 is 1.44 bits per heavy atom. The van der Waals surface area contributed by atoms with E-state index in [4.69, 9.17) is 11.6 Å². The van der Waals surface area contributed by atoms with Crippen LogP contribution in [0.25, 0.3) is 0 Å². The summed E-state index contributed by atoms with van der Waals surface area (Å²) in [5.41, 5.74) is 0. The number of halogens is 2. The van der Waals surface area contributed by atoms with Crippen LogP contribution in [0.4, 0.5) is 0 Å². The molecule has 0 nitrogen and oxygen atoms in total. The molecule has 0 aliphatic rings. The van der Waals surface area contributed by atoms with Crippen LogP contribution in [-0.2, 0) is 0 Å². The van der Waals surface area contributed by atoms with Crippen LogP contribution in [0.15, 0.2) is 0 Å². The second-order valence-corrected chi connectivity index (χ2v) is 3.60. The Hall–Kier alpha value is 0.770. The van der Waals surface area contributed by atoms with Crippen LogP contribution in [0.5, 0.6) is 0 Å². The molecule has 0 aromatic carbocycles. The fraction of sp³-hybridized carbons (Fsp3) is 1.00. The number of alkyl halides is 2. The maximum atomic E-state index is 5.89. The zero-order chi connectivity index (χ0) is 7.11. The van der Waals surface area contributed by atoms with Gasteiger partial charge in [-0.2, -0.15) is 0 Å². The zero-order valence-corrected chi connectivity index (χ0v) is 8.21. The minimum Gasteiger partial charge on any atom is -0.123 e. The first-order valence-corrected chi connectivity index (χ1v) is 5.07. The Labute approximate surface area is 71.1 Å². The summed E-state index contributed by atoms with van der Waals surface area (Å²) in [5, 5.41) is 1.52. The number of rotatable bonds is 5. The zero-order valence-electron chi connectivity index (χ0n) is 5.87. The van der Waals surface area contributed by atoms with E-state index >= 15 is 0 Å². The maximum Gasteiger partial charge on any atom is 0.0333 e. The molecule has 0 aliphatic heterocycles. The molecule has 0 aliphatic carbocycles. The summed E-state index contributed by atoms with van der Waals surface area (Å²) < 4.78 is 0. The van der Waals surface area contributed by atoms with Crippen LogP contribution in [0.1, 0.15) is 32.6 Å². The summed E-state index contributed by atoms with van der Waals surface area (Å²) in [7, 11) is 0. The second kappa shape index (κ2) is 6.88. The predicted octanol–water partition coefficient (Wildman–Crippen LogP) is 3.57. The van der Waals surface area contributed by atoms with Gasteiger partial charge in [0.2, 0.25) is 0 Å². The van der Waals surface area contributed by atoms with Crippen molar-refractivity contribution in [3.63, 3.8) is 0 Å². The lowest BCUT2D eigenvalue weighted by atomic mass is 10.2. The maximum absolute atomic E-state index is 5.89. The van der Waals surface area contributed by atoms with E-state index in [1.54, 1.807) is 0 Å². The largest absolute Gasteiger partial charge is 0.123 e. The van der Waals surface area contributed by atoms with Crippen LogP contribution < -0.4 is 0 Å². The first-order valence-electron chi connectivity index (χ1n) is 3.51. The first kappa shape index (κ1) is 9.77. The smallest absolute Gasteiger partial charge is 0.0333 e. The molecule has 0 rings (SSSR count). The highest BCUT2D eigenvalue weighted by molar-refractivity contribution is 9.09. The summed E-state index contributed by atoms with van der Waals surface area (Å²) in [5.74, 6) is 0. The van der Waals surface area contributed by atoms with Gasteiger partial charge in [0.15, 0.2) is 0 Å². The van der Waals surface area contributed by atoms with Gasteiger partial charge in [0, 0.05) is 10.7 Å². The quantitative estimate of drug-likeness (QED) is 0.484. The number of hydrogen-bond acceptors (Lipinski definition) is 0. The lowest BCUT2D eigenvalue weighted by Gasteiger charge is -2.02. The highest BCUT2D eigenvalue weighted by atomic mass is 79.9. The van der Waals surface area contributed by atoms with Gasteiger partial charge >= 0.3 is 0 Å². The molecule has 2 heteroatoms. The molecule has 1 unspecified atom stereocenters. The van der Waals surface area contributed by atoms with E-state index in [0.29, 0.717) is 5.38 Å². The van der Waals surface area contributed by atoms with E-state index in [2.05, 4.69) is 22.9 Å². The van der Waals surface area contributed by atoms with Gasteiger partial charge in [-0.3, -0.25) is 0 Å². The predicted molar refractivity (Wildman–Crippen MR) is 47.6 cm³/mol. The highest BCUT2D eigenvalue weighted by Gasteiger charge is 1.98. The number of unbranched alkanes of at least 4 members (excludes halogenated alkanes) is 1. The molecular weight excluding hydrogens is 199 g/mol. The van der Waals surface area contributed by atoms with Gasteiger partial charge in [-0.15, -0.1) is 11.6 Å². The van der Waals surface area contributed by atoms with E-state index in [-0.39, 0.29) is 0 Å². The van der Waals surface area contributed by atoms with E-state index in [1.807, 2.05) is 0 Å². The normalized spacial score (nSPS) is 13.7. The van der Waals surface area contributed by atoms with Gasteiger partial charge in [-0.25, -0.2) is 0 Å². The summed E-state index contributed by atoms with van der Waals surface area (Å²) >= 11 is 9.26. The third-order valence-electron chi connectivity index (χ3n) is 1.34. The molecule has 0 heterocycles. The summed E-state index contributed by atoms with van der Waals surface area (Å²) in [4.78, 5) is 0. The average molecular weight is 214 g/mol. The van der Waals surface area contributed by atoms with Crippen molar-refractivity contribution >= 4 is 27.5 Å². The van der Waals surface area contributed by atoms with Crippen molar-refractivity contribution in [2.45, 2.75) is 38.0 Å². The Bertz CT molecular complexity index is 56.9. The Kier molecular flexibility index (Phi) is 7.47. The third kappa shape index (κ3) is 6.66. The molecule has 0 aromatic heterocycles. The minimum atomic E-state index is 0.407. The topological polar surface area (TPSA) is 0 Å². The van der Waals surface area contributed by atoms with Crippen LogP contribution >= 0.6 is 27.5 Å². The lowest BCUT2D eigenvalue weighted by molar-refractivity contribution is 0.668. The second-order valence-electron chi connectivity index (χ2n) is 2.19. The Morgan fingerprint density at radius 3 is 2.56 bits per heavy atom. The van der Waals surface area contributed by atoms with Crippen LogP contribution in [-0.4, -0.2) is 10.7 Å². The van der Waals surface area contributed by atoms with E-state index < -0.39 is 0 Å². The fourth-order valence-electron chi connectivity index (χ4n) is 0.664. The van der Waals surface area contributed by atoms with Crippen molar-refractivity contribution in [1.82, 2.24) is 0 Å². The van der Waals surface area contributed by atoms with Crippen molar-refractivity contribution < 1.29 is 0 Å². The van der Waals surface area contributed by atoms with Gasteiger partial charge in [0.05, 0.1) is 0 Å². The van der Waals surface area contributed by atoms with E-state index in [9.17, 15) is 0 Å². The SMILES string of the molecule is CCC(Cl)CCCCBr. The highest BCUT2D eigenvalue weighted by Crippen LogP contribution is 2.10. The summed E-state index contributed by atoms with van der Waals surface area (Å²) in [6, 6.07) is 0. The molecule has 0 amide bonds. The van der Waals surface area contributed by atoms with Crippen molar-refractivity contribution in [1.29, 1.82) is 0 Å². The third-order valence-corrected chi connectivity index (χ3v) is 2.43. The molecule has 0 N–H and O–H groups in total. The molecular formula is C7H14BrCl. The number of hydrogen-bond donors (Lipinski definition) is 0. The van der Waals surface area contributed by atoms with Crippen LogP contribution in [0.2, 0.25) is 0 Å². The van der Waals surface area contributed by atoms with Gasteiger partial charge in [0.25, 0.3) is 0 Å². The molecule has 0 saturated heterocycles. The summed E-state index contributed by atoms with van der Waals surface area (Å²) in [6.07, 6.45) is 4.78. The monoisotopic (exact) mass is 212 g/mol. The van der Waals surface area contributed by atoms with Crippen LogP contribution in [0.3, 0.4) is 0 Å². The van der Waals surface area contributed by atoms with Crippen molar-refractivity contribution in [3.05, 3.63) is 0 Å². The van der Waals surface area contributed by atoms with Gasteiger partial charge in [-0.1, -0.05) is 29.3 Å². The lowest BCUT2D eigenvalue weighted by Crippen LogP contribution is -1.94. The molecule has 0 saturated carbocycles. The Morgan fingerprint density at radius 2 is 2.11 bits per heavy atom. The van der Waals surface area contributed by atoms with Gasteiger partial charge in [-0.05, 0) is 19.3 Å². The van der Waals surface area contributed by atoms with Crippen LogP contribution in [0, 0.1) is 0 Å². The molecule has 56 valence electrons. The summed E-state index contributed by atoms with van der Waals surface area (Å²) in [6.45, 7) is 2.13. The standard InChI is InChI=1S/C7H14BrCl/c1-2-7(9)5-3-4-6-8/h7H,2-6H2,1H3. The molecule has 0 radical (unpaired) electrons. The molecule has 1 atom stereocenters. The first-order chi connectivity index (χ1) is 4.31. The van der Waals surface area contributed by atoms with E-state index in [0.717, 1.165) is 11.8 Å².